The van der Waals surface area contributed by atoms with Crippen LogP contribution in [0.25, 0.3) is 0 Å². The van der Waals surface area contributed by atoms with Gasteiger partial charge in [0.2, 0.25) is 0 Å². The monoisotopic (exact) mass is 438 g/mol. The summed E-state index contributed by atoms with van der Waals surface area (Å²) in [4.78, 5) is 5.18. The van der Waals surface area contributed by atoms with Gasteiger partial charge in [-0.1, -0.05) is 13.3 Å². The van der Waals surface area contributed by atoms with Crippen molar-refractivity contribution in [1.82, 2.24) is 31.1 Å². The Balaban J connectivity index is 1.31. The fraction of sp³-hybridized carbons (Fsp3) is 1.00. The molecule has 8 heteroatoms. The molecule has 6 atom stereocenters. The molecule has 4 aliphatic rings. The summed E-state index contributed by atoms with van der Waals surface area (Å²) in [6.07, 6.45) is 9.37. The summed E-state index contributed by atoms with van der Waals surface area (Å²) < 4.78 is 12.6. The number of methoxy groups -OCH3 is 1. The average Bonchev–Trinajstić information content (AvgIpc) is 3.19. The molecule has 3 heterocycles. The van der Waals surface area contributed by atoms with Crippen molar-refractivity contribution >= 4 is 0 Å². The van der Waals surface area contributed by atoms with Crippen LogP contribution >= 0.6 is 0 Å². The predicted molar refractivity (Wildman–Crippen MR) is 124 cm³/mol. The van der Waals surface area contributed by atoms with Crippen molar-refractivity contribution in [2.75, 3.05) is 53.5 Å². The number of rotatable bonds is 10. The van der Waals surface area contributed by atoms with Crippen LogP contribution in [0.2, 0.25) is 0 Å². The molecule has 0 bridgehead atoms. The topological polar surface area (TPSA) is 73.1 Å². The van der Waals surface area contributed by atoms with E-state index in [9.17, 15) is 0 Å². The van der Waals surface area contributed by atoms with Crippen molar-refractivity contribution in [3.8, 4) is 0 Å². The normalized spacial score (nSPS) is 38.4. The van der Waals surface area contributed by atoms with Gasteiger partial charge in [-0.3, -0.25) is 20.9 Å². The molecule has 8 nitrogen and oxygen atoms in total. The third-order valence-corrected chi connectivity index (χ3v) is 7.76. The lowest BCUT2D eigenvalue weighted by Crippen LogP contribution is -2.68. The van der Waals surface area contributed by atoms with E-state index in [2.05, 4.69) is 38.0 Å². The second-order valence-electron chi connectivity index (χ2n) is 10.0. The zero-order valence-corrected chi connectivity index (χ0v) is 19.9. The first-order chi connectivity index (χ1) is 15.2. The predicted octanol–water partition coefficient (Wildman–Crippen LogP) is 0.704. The molecule has 1 aliphatic carbocycles. The summed E-state index contributed by atoms with van der Waals surface area (Å²) in [5, 5.41) is 14.3. The maximum atomic E-state index is 6.60. The summed E-state index contributed by atoms with van der Waals surface area (Å²) in [6.45, 7) is 8.64. The van der Waals surface area contributed by atoms with Crippen LogP contribution in [0, 0.1) is 5.92 Å². The minimum absolute atomic E-state index is 0.0551. The lowest BCUT2D eigenvalue weighted by Gasteiger charge is -2.45. The number of piperidine rings is 1. The lowest BCUT2D eigenvalue weighted by molar-refractivity contribution is -0.161. The van der Waals surface area contributed by atoms with Crippen molar-refractivity contribution in [3.05, 3.63) is 0 Å². The van der Waals surface area contributed by atoms with Gasteiger partial charge in [0.05, 0.1) is 18.9 Å². The van der Waals surface area contributed by atoms with Gasteiger partial charge >= 0.3 is 0 Å². The molecule has 1 saturated carbocycles. The molecule has 0 aromatic carbocycles. The molecule has 180 valence electrons. The highest BCUT2D eigenvalue weighted by atomic mass is 16.5. The van der Waals surface area contributed by atoms with Crippen LogP contribution in [0.5, 0.6) is 0 Å². The van der Waals surface area contributed by atoms with Gasteiger partial charge in [0.25, 0.3) is 0 Å². The largest absolute Gasteiger partial charge is 0.374 e. The lowest BCUT2D eigenvalue weighted by atomic mass is 9.92. The summed E-state index contributed by atoms with van der Waals surface area (Å²) in [6, 6.07) is 1.23. The van der Waals surface area contributed by atoms with Crippen LogP contribution in [0.3, 0.4) is 0 Å². The van der Waals surface area contributed by atoms with Crippen LogP contribution in [-0.2, 0) is 9.47 Å². The van der Waals surface area contributed by atoms with Gasteiger partial charge in [-0.25, -0.2) is 0 Å². The van der Waals surface area contributed by atoms with E-state index in [4.69, 9.17) is 9.47 Å². The maximum absolute atomic E-state index is 6.60. The maximum Gasteiger partial charge on any atom is 0.136 e. The Bertz CT molecular complexity index is 536. The van der Waals surface area contributed by atoms with E-state index >= 15 is 0 Å². The Morgan fingerprint density at radius 3 is 2.71 bits per heavy atom. The minimum Gasteiger partial charge on any atom is -0.374 e. The molecule has 4 fully saturated rings. The molecule has 0 amide bonds. The van der Waals surface area contributed by atoms with E-state index in [0.717, 1.165) is 51.5 Å². The molecular formula is C23H46N6O2. The Hall–Kier alpha value is -0.320. The Kier molecular flexibility index (Phi) is 8.99. The van der Waals surface area contributed by atoms with Gasteiger partial charge in [0, 0.05) is 45.4 Å². The minimum atomic E-state index is 0.0551. The number of nitrogens with one attached hydrogen (secondary N) is 4. The highest BCUT2D eigenvalue weighted by Crippen LogP contribution is 2.30. The van der Waals surface area contributed by atoms with E-state index in [1.165, 1.54) is 38.8 Å². The SMILES string of the molecule is CCCN1CC(NC2NCCC(NC)N2)CC(OC[C@@H]2CCN(C3CCC3)C2)C1OC. The van der Waals surface area contributed by atoms with Crippen LogP contribution < -0.4 is 21.3 Å². The van der Waals surface area contributed by atoms with Crippen LogP contribution in [0.15, 0.2) is 0 Å². The van der Waals surface area contributed by atoms with E-state index in [0.29, 0.717) is 18.1 Å². The quantitative estimate of drug-likeness (QED) is 0.397. The molecule has 4 rings (SSSR count). The second kappa shape index (κ2) is 11.7. The first-order valence-corrected chi connectivity index (χ1v) is 12.7. The van der Waals surface area contributed by atoms with Gasteiger partial charge < -0.3 is 19.7 Å². The molecule has 4 N–H and O–H groups in total. The highest BCUT2D eigenvalue weighted by molar-refractivity contribution is 4.91. The number of nitrogens with zero attached hydrogens (tertiary/aromatic N) is 2. The number of hydrogen-bond acceptors (Lipinski definition) is 8. The molecule has 0 radical (unpaired) electrons. The average molecular weight is 439 g/mol. The molecule has 5 unspecified atom stereocenters. The summed E-state index contributed by atoms with van der Waals surface area (Å²) in [5.41, 5.74) is 0. The smallest absolute Gasteiger partial charge is 0.136 e. The van der Waals surface area contributed by atoms with Crippen molar-refractivity contribution in [3.63, 3.8) is 0 Å². The van der Waals surface area contributed by atoms with Crippen LogP contribution in [0.1, 0.15) is 51.9 Å². The second-order valence-corrected chi connectivity index (χ2v) is 10.0. The zero-order chi connectivity index (χ0) is 21.6. The Morgan fingerprint density at radius 2 is 2.00 bits per heavy atom. The molecule has 31 heavy (non-hydrogen) atoms. The number of hydrogen-bond donors (Lipinski definition) is 4. The van der Waals surface area contributed by atoms with Gasteiger partial charge in [0.1, 0.15) is 12.5 Å². The molecule has 0 aromatic rings. The molecule has 0 aromatic heterocycles. The number of likely N-dealkylation sites (tertiary alicyclic amines) is 2. The molecule has 3 saturated heterocycles. The Labute approximate surface area is 189 Å². The summed E-state index contributed by atoms with van der Waals surface area (Å²) >= 11 is 0. The third kappa shape index (κ3) is 6.18. The van der Waals surface area contributed by atoms with Crippen molar-refractivity contribution in [2.24, 2.45) is 5.92 Å². The van der Waals surface area contributed by atoms with Crippen molar-refractivity contribution < 1.29 is 9.47 Å². The number of ether oxygens (including phenoxy) is 2. The first-order valence-electron chi connectivity index (χ1n) is 12.7. The fourth-order valence-corrected chi connectivity index (χ4v) is 5.80. The summed E-state index contributed by atoms with van der Waals surface area (Å²) in [7, 11) is 3.86. The van der Waals surface area contributed by atoms with Gasteiger partial charge in [-0.15, -0.1) is 0 Å². The van der Waals surface area contributed by atoms with Gasteiger partial charge in [-0.2, -0.15) is 0 Å². The van der Waals surface area contributed by atoms with E-state index in [-0.39, 0.29) is 18.6 Å². The van der Waals surface area contributed by atoms with E-state index in [1.54, 1.807) is 0 Å². The van der Waals surface area contributed by atoms with Crippen LogP contribution in [-0.4, -0.2) is 100 Å². The van der Waals surface area contributed by atoms with Crippen molar-refractivity contribution in [1.29, 1.82) is 0 Å². The van der Waals surface area contributed by atoms with E-state index < -0.39 is 0 Å². The van der Waals surface area contributed by atoms with E-state index in [1.807, 2.05) is 14.2 Å². The van der Waals surface area contributed by atoms with Gasteiger partial charge in [0.15, 0.2) is 0 Å². The standard InChI is InChI=1S/C23H46N6O2/c1-4-11-29-15-18(26-23-25-10-8-21(24-2)27-23)13-20(22(29)30-3)31-16-17-9-12-28(14-17)19-6-5-7-19/h17-27H,4-16H2,1-3H3/t17-,18?,20?,21?,22?,23?/m1/s1. The van der Waals surface area contributed by atoms with Gasteiger partial charge in [-0.05, 0) is 58.0 Å². The molecule has 0 spiro atoms. The Morgan fingerprint density at radius 1 is 1.13 bits per heavy atom. The summed E-state index contributed by atoms with van der Waals surface area (Å²) in [5.74, 6) is 0.670. The molecular weight excluding hydrogens is 392 g/mol. The van der Waals surface area contributed by atoms with Crippen LogP contribution in [0.4, 0.5) is 0 Å². The highest BCUT2D eigenvalue weighted by Gasteiger charge is 2.39. The zero-order valence-electron chi connectivity index (χ0n) is 19.9. The molecule has 3 aliphatic heterocycles. The fourth-order valence-electron chi connectivity index (χ4n) is 5.80. The third-order valence-electron chi connectivity index (χ3n) is 7.76. The van der Waals surface area contributed by atoms with Crippen molar-refractivity contribution in [2.45, 2.75) is 88.7 Å². The first kappa shape index (κ1) is 23.8.